The van der Waals surface area contributed by atoms with Crippen molar-refractivity contribution < 1.29 is 0 Å². The van der Waals surface area contributed by atoms with E-state index in [1.165, 1.54) is 0 Å². The van der Waals surface area contributed by atoms with Crippen molar-refractivity contribution in [3.8, 4) is 0 Å². The van der Waals surface area contributed by atoms with Crippen LogP contribution in [0.2, 0.25) is 0 Å². The van der Waals surface area contributed by atoms with E-state index >= 15 is 0 Å². The Morgan fingerprint density at radius 1 is 1.18 bits per heavy atom. The Balaban J connectivity index is 2.96. The fraction of sp³-hybridized carbons (Fsp3) is 0. The van der Waals surface area contributed by atoms with E-state index in [0.29, 0.717) is 5.82 Å². The SMILES string of the molecule is Nc1cccc2c[nH]c(N)c12. The Hall–Kier alpha value is -1.64. The second-order valence-corrected chi connectivity index (χ2v) is 2.51. The van der Waals surface area contributed by atoms with Gasteiger partial charge in [0.05, 0.1) is 0 Å². The number of aromatic nitrogens is 1. The minimum absolute atomic E-state index is 0.637. The molecule has 3 nitrogen and oxygen atoms in total. The number of fused-ring (bicyclic) bond motifs is 1. The number of hydrogen-bond acceptors (Lipinski definition) is 2. The molecule has 0 atom stereocenters. The molecule has 0 unspecified atom stereocenters. The van der Waals surface area contributed by atoms with Crippen LogP contribution in [-0.4, -0.2) is 4.98 Å². The molecule has 0 saturated carbocycles. The molecular weight excluding hydrogens is 138 g/mol. The third-order valence-electron chi connectivity index (χ3n) is 1.78. The lowest BCUT2D eigenvalue weighted by atomic mass is 10.2. The third-order valence-corrected chi connectivity index (χ3v) is 1.78. The molecule has 0 aliphatic carbocycles. The van der Waals surface area contributed by atoms with Crippen LogP contribution in [0, 0.1) is 0 Å². The Labute approximate surface area is 64.0 Å². The Bertz CT molecular complexity index is 389. The molecule has 0 saturated heterocycles. The summed E-state index contributed by atoms with van der Waals surface area (Å²) in [7, 11) is 0. The van der Waals surface area contributed by atoms with Gasteiger partial charge >= 0.3 is 0 Å². The molecule has 3 heteroatoms. The van der Waals surface area contributed by atoms with Gasteiger partial charge in [-0.25, -0.2) is 0 Å². The molecule has 0 aliphatic heterocycles. The highest BCUT2D eigenvalue weighted by molar-refractivity contribution is 6.00. The zero-order valence-corrected chi connectivity index (χ0v) is 5.96. The lowest BCUT2D eigenvalue weighted by molar-refractivity contribution is 1.43. The third kappa shape index (κ3) is 0.741. The van der Waals surface area contributed by atoms with E-state index in [4.69, 9.17) is 11.5 Å². The number of nitrogens with two attached hydrogens (primary N) is 2. The number of rotatable bonds is 0. The van der Waals surface area contributed by atoms with Crippen LogP contribution in [0.4, 0.5) is 11.5 Å². The van der Waals surface area contributed by atoms with E-state index in [-0.39, 0.29) is 0 Å². The Morgan fingerprint density at radius 3 is 2.73 bits per heavy atom. The van der Waals surface area contributed by atoms with Crippen molar-refractivity contribution >= 4 is 22.3 Å². The van der Waals surface area contributed by atoms with E-state index in [1.807, 2.05) is 24.4 Å². The van der Waals surface area contributed by atoms with Gasteiger partial charge in [-0.15, -0.1) is 0 Å². The summed E-state index contributed by atoms with van der Waals surface area (Å²) >= 11 is 0. The van der Waals surface area contributed by atoms with Crippen molar-refractivity contribution in [2.45, 2.75) is 0 Å². The fourth-order valence-corrected chi connectivity index (χ4v) is 1.25. The highest BCUT2D eigenvalue weighted by atomic mass is 14.8. The molecule has 0 fully saturated rings. The first kappa shape index (κ1) is 6.09. The van der Waals surface area contributed by atoms with Gasteiger partial charge in [0.25, 0.3) is 0 Å². The molecular formula is C8H9N3. The van der Waals surface area contributed by atoms with E-state index in [0.717, 1.165) is 16.5 Å². The zero-order chi connectivity index (χ0) is 7.84. The highest BCUT2D eigenvalue weighted by Gasteiger charge is 2.01. The summed E-state index contributed by atoms with van der Waals surface area (Å²) in [5, 5.41) is 1.98. The molecule has 2 rings (SSSR count). The van der Waals surface area contributed by atoms with Crippen molar-refractivity contribution in [2.75, 3.05) is 11.5 Å². The average molecular weight is 147 g/mol. The Kier molecular flexibility index (Phi) is 1.06. The maximum atomic E-state index is 5.70. The first-order chi connectivity index (χ1) is 5.29. The van der Waals surface area contributed by atoms with Gasteiger partial charge < -0.3 is 16.5 Å². The van der Waals surface area contributed by atoms with Crippen LogP contribution in [0.15, 0.2) is 24.4 Å². The standard InChI is InChI=1S/C8H9N3/c9-6-3-1-2-5-4-11-8(10)7(5)6/h1-4,11H,9-10H2. The summed E-state index contributed by atoms with van der Waals surface area (Å²) in [4.78, 5) is 2.92. The number of nitrogens with one attached hydrogen (secondary N) is 1. The minimum Gasteiger partial charge on any atom is -0.398 e. The number of H-pyrrole nitrogens is 1. The van der Waals surface area contributed by atoms with Crippen molar-refractivity contribution in [3.05, 3.63) is 24.4 Å². The lowest BCUT2D eigenvalue weighted by Gasteiger charge is -1.95. The predicted molar refractivity (Wildman–Crippen MR) is 47.1 cm³/mol. The molecule has 1 aromatic carbocycles. The molecule has 0 aliphatic rings. The summed E-state index contributed by atoms with van der Waals surface area (Å²) in [6.07, 6.45) is 1.85. The molecule has 0 amide bonds. The van der Waals surface area contributed by atoms with Crippen LogP contribution in [-0.2, 0) is 0 Å². The van der Waals surface area contributed by atoms with Crippen LogP contribution in [0.1, 0.15) is 0 Å². The van der Waals surface area contributed by atoms with Gasteiger partial charge in [0.2, 0.25) is 0 Å². The molecule has 0 radical (unpaired) electrons. The van der Waals surface area contributed by atoms with Crippen LogP contribution in [0.5, 0.6) is 0 Å². The number of hydrogen-bond donors (Lipinski definition) is 3. The topological polar surface area (TPSA) is 67.8 Å². The highest BCUT2D eigenvalue weighted by Crippen LogP contribution is 2.25. The van der Waals surface area contributed by atoms with Gasteiger partial charge in [-0.05, 0) is 6.07 Å². The van der Waals surface area contributed by atoms with Crippen LogP contribution in [0.3, 0.4) is 0 Å². The van der Waals surface area contributed by atoms with Gasteiger partial charge in [0.15, 0.2) is 0 Å². The molecule has 11 heavy (non-hydrogen) atoms. The average Bonchev–Trinajstić information content (AvgIpc) is 2.34. The van der Waals surface area contributed by atoms with E-state index in [9.17, 15) is 0 Å². The summed E-state index contributed by atoms with van der Waals surface area (Å²) in [5.41, 5.74) is 12.1. The van der Waals surface area contributed by atoms with Crippen molar-refractivity contribution in [1.82, 2.24) is 4.98 Å². The van der Waals surface area contributed by atoms with Gasteiger partial charge in [-0.2, -0.15) is 0 Å². The maximum Gasteiger partial charge on any atom is 0.110 e. The van der Waals surface area contributed by atoms with Crippen LogP contribution >= 0.6 is 0 Å². The molecule has 56 valence electrons. The molecule has 0 spiro atoms. The van der Waals surface area contributed by atoms with Crippen molar-refractivity contribution in [2.24, 2.45) is 0 Å². The lowest BCUT2D eigenvalue weighted by Crippen LogP contribution is -1.89. The second kappa shape index (κ2) is 1.92. The van der Waals surface area contributed by atoms with Gasteiger partial charge in [0.1, 0.15) is 5.82 Å². The zero-order valence-electron chi connectivity index (χ0n) is 5.96. The largest absolute Gasteiger partial charge is 0.398 e. The second-order valence-electron chi connectivity index (χ2n) is 2.51. The molecule has 2 aromatic rings. The number of nitrogen functional groups attached to an aromatic ring is 2. The summed E-state index contributed by atoms with van der Waals surface area (Å²) < 4.78 is 0. The molecule has 1 aromatic heterocycles. The smallest absolute Gasteiger partial charge is 0.110 e. The van der Waals surface area contributed by atoms with Crippen LogP contribution < -0.4 is 11.5 Å². The predicted octanol–water partition coefficient (Wildman–Crippen LogP) is 1.33. The minimum atomic E-state index is 0.637. The summed E-state index contributed by atoms with van der Waals surface area (Å²) in [5.74, 6) is 0.637. The molecule has 0 bridgehead atoms. The number of benzene rings is 1. The monoisotopic (exact) mass is 147 g/mol. The quantitative estimate of drug-likeness (QED) is 0.492. The van der Waals surface area contributed by atoms with E-state index < -0.39 is 0 Å². The Morgan fingerprint density at radius 2 is 2.00 bits per heavy atom. The van der Waals surface area contributed by atoms with Crippen molar-refractivity contribution in [1.29, 1.82) is 0 Å². The number of anilines is 2. The van der Waals surface area contributed by atoms with E-state index in [2.05, 4.69) is 4.98 Å². The van der Waals surface area contributed by atoms with Gasteiger partial charge in [-0.3, -0.25) is 0 Å². The molecule has 5 N–H and O–H groups in total. The maximum absolute atomic E-state index is 5.70. The fourth-order valence-electron chi connectivity index (χ4n) is 1.25. The normalized spacial score (nSPS) is 10.5. The van der Waals surface area contributed by atoms with Gasteiger partial charge in [-0.1, -0.05) is 12.1 Å². The summed E-state index contributed by atoms with van der Waals surface area (Å²) in [6, 6.07) is 5.72. The van der Waals surface area contributed by atoms with E-state index in [1.54, 1.807) is 0 Å². The first-order valence-corrected chi connectivity index (χ1v) is 3.40. The van der Waals surface area contributed by atoms with Crippen molar-refractivity contribution in [3.63, 3.8) is 0 Å². The van der Waals surface area contributed by atoms with Crippen LogP contribution in [0.25, 0.3) is 10.8 Å². The van der Waals surface area contributed by atoms with Gasteiger partial charge in [0, 0.05) is 22.7 Å². The first-order valence-electron chi connectivity index (χ1n) is 3.40. The molecule has 1 heterocycles. The summed E-state index contributed by atoms with van der Waals surface area (Å²) in [6.45, 7) is 0. The number of aromatic amines is 1.